The summed E-state index contributed by atoms with van der Waals surface area (Å²) in [5.74, 6) is -0.157. The highest BCUT2D eigenvalue weighted by atomic mass is 19.1. The van der Waals surface area contributed by atoms with Crippen LogP contribution < -0.4 is 15.5 Å². The van der Waals surface area contributed by atoms with E-state index in [-0.39, 0.29) is 17.8 Å². The van der Waals surface area contributed by atoms with Gasteiger partial charge in [0.05, 0.1) is 5.69 Å². The number of hydrogen-bond acceptors (Lipinski definition) is 3. The van der Waals surface area contributed by atoms with Crippen LogP contribution in [0.3, 0.4) is 0 Å². The van der Waals surface area contributed by atoms with Crippen molar-refractivity contribution >= 4 is 11.6 Å². The van der Waals surface area contributed by atoms with E-state index >= 15 is 0 Å². The minimum absolute atomic E-state index is 0.00664. The largest absolute Gasteiger partial charge is 0.369 e. The summed E-state index contributed by atoms with van der Waals surface area (Å²) >= 11 is 0. The lowest BCUT2D eigenvalue weighted by molar-refractivity contribution is -0.119. The summed E-state index contributed by atoms with van der Waals surface area (Å²) in [5, 5.41) is 6.20. The summed E-state index contributed by atoms with van der Waals surface area (Å²) in [6.45, 7) is 6.65. The maximum Gasteiger partial charge on any atom is 0.217 e. The zero-order valence-electron chi connectivity index (χ0n) is 12.8. The first-order valence-corrected chi connectivity index (χ1v) is 7.62. The lowest BCUT2D eigenvalue weighted by Crippen LogP contribution is -2.44. The third kappa shape index (κ3) is 4.17. The van der Waals surface area contributed by atoms with E-state index in [1.165, 1.54) is 13.0 Å². The maximum atomic E-state index is 14.2. The van der Waals surface area contributed by atoms with Crippen LogP contribution in [0.5, 0.6) is 0 Å². The summed E-state index contributed by atoms with van der Waals surface area (Å²) in [4.78, 5) is 13.2. The number of anilines is 1. The van der Waals surface area contributed by atoms with Gasteiger partial charge in [-0.2, -0.15) is 0 Å². The molecular weight excluding hydrogens is 269 g/mol. The lowest BCUT2D eigenvalue weighted by Gasteiger charge is -2.35. The van der Waals surface area contributed by atoms with Crippen molar-refractivity contribution in [2.45, 2.75) is 39.3 Å². The van der Waals surface area contributed by atoms with Gasteiger partial charge in [0.1, 0.15) is 5.82 Å². The summed E-state index contributed by atoms with van der Waals surface area (Å²) in [6, 6.07) is 5.46. The second kappa shape index (κ2) is 7.41. The number of hydrogen-bond donors (Lipinski definition) is 2. The maximum absolute atomic E-state index is 14.2. The van der Waals surface area contributed by atoms with Crippen LogP contribution in [0.4, 0.5) is 10.1 Å². The molecule has 2 rings (SSSR count). The minimum Gasteiger partial charge on any atom is -0.369 e. The molecule has 0 aromatic heterocycles. The van der Waals surface area contributed by atoms with E-state index in [1.54, 1.807) is 6.07 Å². The van der Waals surface area contributed by atoms with Gasteiger partial charge < -0.3 is 15.5 Å². The monoisotopic (exact) mass is 293 g/mol. The van der Waals surface area contributed by atoms with Gasteiger partial charge in [-0.25, -0.2) is 4.39 Å². The molecule has 21 heavy (non-hydrogen) atoms. The van der Waals surface area contributed by atoms with Crippen molar-refractivity contribution in [1.29, 1.82) is 0 Å². The van der Waals surface area contributed by atoms with Gasteiger partial charge in [0.25, 0.3) is 0 Å². The number of nitrogens with one attached hydrogen (secondary N) is 2. The van der Waals surface area contributed by atoms with Crippen molar-refractivity contribution in [1.82, 2.24) is 10.6 Å². The van der Waals surface area contributed by atoms with Crippen molar-refractivity contribution in [2.24, 2.45) is 0 Å². The lowest BCUT2D eigenvalue weighted by atomic mass is 10.0. The molecule has 0 saturated carbocycles. The second-order valence-corrected chi connectivity index (χ2v) is 5.49. The smallest absolute Gasteiger partial charge is 0.217 e. The molecule has 0 aliphatic carbocycles. The Morgan fingerprint density at radius 3 is 2.71 bits per heavy atom. The van der Waals surface area contributed by atoms with Crippen LogP contribution in [0, 0.1) is 5.82 Å². The summed E-state index contributed by atoms with van der Waals surface area (Å²) in [5.41, 5.74) is 1.70. The van der Waals surface area contributed by atoms with Crippen LogP contribution in [0.15, 0.2) is 18.2 Å². The van der Waals surface area contributed by atoms with E-state index in [2.05, 4.69) is 15.5 Å². The third-order valence-corrected chi connectivity index (χ3v) is 3.85. The Hall–Kier alpha value is -1.62. The van der Waals surface area contributed by atoms with Crippen LogP contribution in [0.25, 0.3) is 0 Å². The number of nitrogens with zero attached hydrogens (tertiary/aromatic N) is 1. The summed E-state index contributed by atoms with van der Waals surface area (Å²) < 4.78 is 14.2. The topological polar surface area (TPSA) is 44.4 Å². The van der Waals surface area contributed by atoms with E-state index < -0.39 is 0 Å². The minimum atomic E-state index is -0.164. The fourth-order valence-electron chi connectivity index (χ4n) is 2.85. The van der Waals surface area contributed by atoms with Gasteiger partial charge in [0.2, 0.25) is 5.91 Å². The predicted molar refractivity (Wildman–Crippen MR) is 82.8 cm³/mol. The average molecular weight is 293 g/mol. The van der Waals surface area contributed by atoms with Crippen LogP contribution in [0.2, 0.25) is 0 Å². The molecular formula is C16H24FN3O. The standard InChI is InChI=1S/C16H24FN3O/c1-3-18-11-13-5-4-6-15(17)16(13)20-9-7-14(8-10-20)19-12(2)21/h4-6,14,18H,3,7-11H2,1-2H3,(H,19,21). The van der Waals surface area contributed by atoms with Crippen LogP contribution in [0.1, 0.15) is 32.3 Å². The van der Waals surface area contributed by atoms with Crippen molar-refractivity contribution in [3.63, 3.8) is 0 Å². The highest BCUT2D eigenvalue weighted by Gasteiger charge is 2.23. The van der Waals surface area contributed by atoms with Gasteiger partial charge in [-0.3, -0.25) is 4.79 Å². The van der Waals surface area contributed by atoms with Crippen LogP contribution >= 0.6 is 0 Å². The van der Waals surface area contributed by atoms with Crippen LogP contribution in [-0.2, 0) is 11.3 Å². The first kappa shape index (κ1) is 15.8. The zero-order valence-corrected chi connectivity index (χ0v) is 12.8. The van der Waals surface area contributed by atoms with Gasteiger partial charge in [0.15, 0.2) is 0 Å². The van der Waals surface area contributed by atoms with E-state index in [0.29, 0.717) is 12.2 Å². The molecule has 1 aromatic rings. The summed E-state index contributed by atoms with van der Waals surface area (Å²) in [6.07, 6.45) is 1.71. The van der Waals surface area contributed by atoms with E-state index in [0.717, 1.165) is 38.0 Å². The normalized spacial score (nSPS) is 16.0. The highest BCUT2D eigenvalue weighted by Crippen LogP contribution is 2.27. The van der Waals surface area contributed by atoms with Crippen molar-refractivity contribution < 1.29 is 9.18 Å². The predicted octanol–water partition coefficient (Wildman–Crippen LogP) is 2.04. The molecule has 4 nitrogen and oxygen atoms in total. The zero-order chi connectivity index (χ0) is 15.2. The van der Waals surface area contributed by atoms with E-state index in [1.807, 2.05) is 13.0 Å². The number of carbonyl (C=O) groups is 1. The molecule has 0 atom stereocenters. The quantitative estimate of drug-likeness (QED) is 0.873. The fraction of sp³-hybridized carbons (Fsp3) is 0.562. The van der Waals surface area contributed by atoms with Gasteiger partial charge in [0, 0.05) is 32.6 Å². The number of rotatable bonds is 5. The Morgan fingerprint density at radius 1 is 1.38 bits per heavy atom. The molecule has 1 amide bonds. The Bertz CT molecular complexity index is 484. The first-order valence-electron chi connectivity index (χ1n) is 7.62. The molecule has 1 fully saturated rings. The SMILES string of the molecule is CCNCc1cccc(F)c1N1CCC(NC(C)=O)CC1. The highest BCUT2D eigenvalue weighted by molar-refractivity contribution is 5.73. The molecule has 1 aliphatic rings. The van der Waals surface area contributed by atoms with Crippen molar-refractivity contribution in [3.8, 4) is 0 Å². The fourth-order valence-corrected chi connectivity index (χ4v) is 2.85. The second-order valence-electron chi connectivity index (χ2n) is 5.49. The van der Waals surface area contributed by atoms with Gasteiger partial charge >= 0.3 is 0 Å². The molecule has 5 heteroatoms. The number of piperidine rings is 1. The Balaban J connectivity index is 2.07. The van der Waals surface area contributed by atoms with E-state index in [9.17, 15) is 9.18 Å². The molecule has 1 aliphatic heterocycles. The van der Waals surface area contributed by atoms with Crippen molar-refractivity contribution in [3.05, 3.63) is 29.6 Å². The van der Waals surface area contributed by atoms with Gasteiger partial charge in [-0.15, -0.1) is 0 Å². The Morgan fingerprint density at radius 2 is 2.10 bits per heavy atom. The van der Waals surface area contributed by atoms with Gasteiger partial charge in [-0.05, 0) is 31.0 Å². The number of halogens is 1. The number of para-hydroxylation sites is 1. The van der Waals surface area contributed by atoms with Gasteiger partial charge in [-0.1, -0.05) is 19.1 Å². The number of benzene rings is 1. The van der Waals surface area contributed by atoms with Crippen LogP contribution in [-0.4, -0.2) is 31.6 Å². The molecule has 2 N–H and O–H groups in total. The summed E-state index contributed by atoms with van der Waals surface area (Å²) in [7, 11) is 0. The third-order valence-electron chi connectivity index (χ3n) is 3.85. The molecule has 0 unspecified atom stereocenters. The molecule has 116 valence electrons. The van der Waals surface area contributed by atoms with E-state index in [4.69, 9.17) is 0 Å². The molecule has 1 aromatic carbocycles. The molecule has 1 heterocycles. The Kier molecular flexibility index (Phi) is 5.56. The molecule has 0 spiro atoms. The average Bonchev–Trinajstić information content (AvgIpc) is 2.46. The number of carbonyl (C=O) groups excluding carboxylic acids is 1. The number of amides is 1. The molecule has 0 radical (unpaired) electrons. The first-order chi connectivity index (χ1) is 10.1. The molecule has 1 saturated heterocycles. The molecule has 0 bridgehead atoms. The Labute approximate surface area is 125 Å². The van der Waals surface area contributed by atoms with Crippen molar-refractivity contribution in [2.75, 3.05) is 24.5 Å².